The Kier molecular flexibility index (Phi) is 2.93. The van der Waals surface area contributed by atoms with Crippen molar-refractivity contribution in [3.05, 3.63) is 77.6 Å². The lowest BCUT2D eigenvalue weighted by Crippen LogP contribution is -2.24. The van der Waals surface area contributed by atoms with E-state index in [-0.39, 0.29) is 24.1 Å². The van der Waals surface area contributed by atoms with Gasteiger partial charge in [0.1, 0.15) is 5.82 Å². The van der Waals surface area contributed by atoms with E-state index in [4.69, 9.17) is 0 Å². The van der Waals surface area contributed by atoms with Gasteiger partial charge in [-0.05, 0) is 22.6 Å². The van der Waals surface area contributed by atoms with E-state index in [1.54, 1.807) is 12.1 Å². The fraction of sp³-hybridized carbons (Fsp3) is 0.105. The molecule has 0 aliphatic carbocycles. The van der Waals surface area contributed by atoms with Crippen LogP contribution in [0.1, 0.15) is 23.5 Å². The Morgan fingerprint density at radius 2 is 1.68 bits per heavy atom. The standard InChI is InChI=1S/C19H14FNO/c20-17-8-4-3-7-14(17)16-11-18(22)21-19-13-6-2-1-5-12(13)9-10-15(16)19/h1-10,16H,11H2,(H,21,22)/t16-/m0/s1. The molecule has 1 N–H and O–H groups in total. The van der Waals surface area contributed by atoms with Crippen LogP contribution >= 0.6 is 0 Å². The third kappa shape index (κ3) is 1.98. The van der Waals surface area contributed by atoms with Gasteiger partial charge in [0, 0.05) is 17.7 Å². The number of nitrogens with one attached hydrogen (secondary N) is 1. The van der Waals surface area contributed by atoms with E-state index < -0.39 is 0 Å². The molecule has 1 heterocycles. The Balaban J connectivity index is 1.97. The molecule has 3 heteroatoms. The average molecular weight is 291 g/mol. The number of carbonyl (C=O) groups is 1. The fourth-order valence-corrected chi connectivity index (χ4v) is 3.24. The molecule has 3 aromatic rings. The van der Waals surface area contributed by atoms with Gasteiger partial charge in [0.25, 0.3) is 0 Å². The van der Waals surface area contributed by atoms with E-state index in [0.717, 1.165) is 22.0 Å². The number of hydrogen-bond acceptors (Lipinski definition) is 1. The minimum Gasteiger partial charge on any atom is -0.325 e. The van der Waals surface area contributed by atoms with Crippen LogP contribution in [0.3, 0.4) is 0 Å². The van der Waals surface area contributed by atoms with Crippen LogP contribution in [0, 0.1) is 5.82 Å². The van der Waals surface area contributed by atoms with Crippen molar-refractivity contribution < 1.29 is 9.18 Å². The molecule has 1 amide bonds. The summed E-state index contributed by atoms with van der Waals surface area (Å²) in [6.07, 6.45) is 0.270. The van der Waals surface area contributed by atoms with Gasteiger partial charge in [-0.1, -0.05) is 54.6 Å². The minimum absolute atomic E-state index is 0.0721. The lowest BCUT2D eigenvalue weighted by atomic mass is 9.83. The van der Waals surface area contributed by atoms with Crippen molar-refractivity contribution in [2.45, 2.75) is 12.3 Å². The zero-order valence-corrected chi connectivity index (χ0v) is 11.8. The number of benzene rings is 3. The Hall–Kier alpha value is -2.68. The Morgan fingerprint density at radius 3 is 2.55 bits per heavy atom. The van der Waals surface area contributed by atoms with Crippen molar-refractivity contribution in [1.82, 2.24) is 0 Å². The quantitative estimate of drug-likeness (QED) is 0.705. The zero-order valence-electron chi connectivity index (χ0n) is 11.8. The molecule has 0 bridgehead atoms. The van der Waals surface area contributed by atoms with E-state index >= 15 is 0 Å². The summed E-state index contributed by atoms with van der Waals surface area (Å²) in [5.41, 5.74) is 2.36. The van der Waals surface area contributed by atoms with Crippen molar-refractivity contribution in [1.29, 1.82) is 0 Å². The highest BCUT2D eigenvalue weighted by Crippen LogP contribution is 2.41. The van der Waals surface area contributed by atoms with Gasteiger partial charge < -0.3 is 5.32 Å². The first kappa shape index (κ1) is 13.0. The van der Waals surface area contributed by atoms with Crippen LogP contribution < -0.4 is 5.32 Å². The molecule has 3 aromatic carbocycles. The highest BCUT2D eigenvalue weighted by molar-refractivity contribution is 6.06. The summed E-state index contributed by atoms with van der Waals surface area (Å²) >= 11 is 0. The predicted molar refractivity (Wildman–Crippen MR) is 85.4 cm³/mol. The third-order valence-corrected chi connectivity index (χ3v) is 4.27. The number of amides is 1. The Labute approximate surface area is 127 Å². The smallest absolute Gasteiger partial charge is 0.225 e. The van der Waals surface area contributed by atoms with Gasteiger partial charge >= 0.3 is 0 Å². The summed E-state index contributed by atoms with van der Waals surface area (Å²) in [4.78, 5) is 12.1. The van der Waals surface area contributed by atoms with Crippen LogP contribution in [-0.4, -0.2) is 5.91 Å². The second kappa shape index (κ2) is 4.95. The van der Waals surface area contributed by atoms with Gasteiger partial charge in [-0.2, -0.15) is 0 Å². The topological polar surface area (TPSA) is 29.1 Å². The molecule has 0 unspecified atom stereocenters. The second-order valence-corrected chi connectivity index (χ2v) is 5.58. The summed E-state index contributed by atoms with van der Waals surface area (Å²) in [5.74, 6) is -0.576. The average Bonchev–Trinajstić information content (AvgIpc) is 2.54. The van der Waals surface area contributed by atoms with E-state index in [1.807, 2.05) is 42.5 Å². The number of carbonyl (C=O) groups excluding carboxylic acids is 1. The fourth-order valence-electron chi connectivity index (χ4n) is 3.24. The highest BCUT2D eigenvalue weighted by atomic mass is 19.1. The number of hydrogen-bond donors (Lipinski definition) is 1. The van der Waals surface area contributed by atoms with Gasteiger partial charge in [0.05, 0.1) is 5.69 Å². The van der Waals surface area contributed by atoms with Crippen molar-refractivity contribution >= 4 is 22.4 Å². The largest absolute Gasteiger partial charge is 0.325 e. The van der Waals surface area contributed by atoms with Crippen LogP contribution in [0.25, 0.3) is 10.8 Å². The van der Waals surface area contributed by atoms with Gasteiger partial charge in [-0.3, -0.25) is 4.79 Å². The lowest BCUT2D eigenvalue weighted by molar-refractivity contribution is -0.116. The second-order valence-electron chi connectivity index (χ2n) is 5.58. The number of anilines is 1. The lowest BCUT2D eigenvalue weighted by Gasteiger charge is -2.27. The molecule has 1 atom stereocenters. The van der Waals surface area contributed by atoms with Crippen molar-refractivity contribution in [3.63, 3.8) is 0 Å². The maximum atomic E-state index is 14.2. The van der Waals surface area contributed by atoms with E-state index in [9.17, 15) is 9.18 Å². The first-order valence-corrected chi connectivity index (χ1v) is 7.30. The molecule has 108 valence electrons. The third-order valence-electron chi connectivity index (χ3n) is 4.27. The molecule has 0 saturated heterocycles. The van der Waals surface area contributed by atoms with Crippen LogP contribution in [0.2, 0.25) is 0 Å². The number of halogens is 1. The Bertz CT molecular complexity index is 887. The molecule has 0 saturated carbocycles. The van der Waals surface area contributed by atoms with Gasteiger partial charge in [-0.15, -0.1) is 0 Å². The Morgan fingerprint density at radius 1 is 0.909 bits per heavy atom. The van der Waals surface area contributed by atoms with Gasteiger partial charge in [0.15, 0.2) is 0 Å². The first-order valence-electron chi connectivity index (χ1n) is 7.30. The summed E-state index contributed by atoms with van der Waals surface area (Å²) < 4.78 is 14.2. The van der Waals surface area contributed by atoms with Crippen molar-refractivity contribution in [2.24, 2.45) is 0 Å². The summed E-state index contributed by atoms with van der Waals surface area (Å²) in [6, 6.07) is 18.6. The van der Waals surface area contributed by atoms with E-state index in [2.05, 4.69) is 5.32 Å². The monoisotopic (exact) mass is 291 g/mol. The maximum Gasteiger partial charge on any atom is 0.225 e. The van der Waals surface area contributed by atoms with E-state index in [1.165, 1.54) is 6.07 Å². The van der Waals surface area contributed by atoms with Crippen molar-refractivity contribution in [3.8, 4) is 0 Å². The summed E-state index contributed by atoms with van der Waals surface area (Å²) in [7, 11) is 0. The van der Waals surface area contributed by atoms with Crippen LogP contribution in [0.15, 0.2) is 60.7 Å². The molecule has 0 aromatic heterocycles. The van der Waals surface area contributed by atoms with Gasteiger partial charge in [-0.25, -0.2) is 4.39 Å². The number of fused-ring (bicyclic) bond motifs is 3. The molecular formula is C19H14FNO. The zero-order chi connectivity index (χ0) is 15.1. The summed E-state index contributed by atoms with van der Waals surface area (Å²) in [5, 5.41) is 5.02. The predicted octanol–water partition coefficient (Wildman–Crippen LogP) is 4.45. The normalized spacial score (nSPS) is 17.1. The van der Waals surface area contributed by atoms with Crippen LogP contribution in [0.5, 0.6) is 0 Å². The molecule has 2 nitrogen and oxygen atoms in total. The molecule has 1 aliphatic rings. The summed E-state index contributed by atoms with van der Waals surface area (Å²) in [6.45, 7) is 0. The molecule has 4 rings (SSSR count). The highest BCUT2D eigenvalue weighted by Gasteiger charge is 2.29. The molecule has 0 radical (unpaired) electrons. The molecule has 0 fully saturated rings. The SMILES string of the molecule is O=C1C[C@@H](c2ccccc2F)c2ccc3ccccc3c2N1. The molecule has 0 spiro atoms. The van der Waals surface area contributed by atoms with Crippen LogP contribution in [-0.2, 0) is 4.79 Å². The molecular weight excluding hydrogens is 277 g/mol. The van der Waals surface area contributed by atoms with Gasteiger partial charge in [0.2, 0.25) is 5.91 Å². The molecule has 1 aliphatic heterocycles. The van der Waals surface area contributed by atoms with E-state index in [0.29, 0.717) is 5.56 Å². The first-order chi connectivity index (χ1) is 10.7. The maximum absolute atomic E-state index is 14.2. The molecule has 22 heavy (non-hydrogen) atoms. The number of rotatable bonds is 1. The van der Waals surface area contributed by atoms with Crippen LogP contribution in [0.4, 0.5) is 10.1 Å². The van der Waals surface area contributed by atoms with Crippen molar-refractivity contribution in [2.75, 3.05) is 5.32 Å². The minimum atomic E-state index is -0.263.